The molecule has 1 N–H and O–H groups in total. The molecule has 156 valence electrons. The second-order valence-corrected chi connectivity index (χ2v) is 7.98. The number of nitrogens with zero attached hydrogens (tertiary/aromatic N) is 1. The molecule has 29 heavy (non-hydrogen) atoms. The van der Waals surface area contributed by atoms with E-state index in [1.165, 1.54) is 11.8 Å². The smallest absolute Gasteiger partial charge is 0.242 e. The number of rotatable bonds is 10. The van der Waals surface area contributed by atoms with E-state index in [0.717, 1.165) is 16.9 Å². The van der Waals surface area contributed by atoms with E-state index < -0.39 is 6.04 Å². The second kappa shape index (κ2) is 11.7. The Morgan fingerprint density at radius 1 is 1.10 bits per heavy atom. The van der Waals surface area contributed by atoms with E-state index in [1.54, 1.807) is 31.1 Å². The third-order valence-corrected chi connectivity index (χ3v) is 5.68. The maximum absolute atomic E-state index is 12.9. The zero-order valence-corrected chi connectivity index (χ0v) is 18.6. The fourth-order valence-corrected chi connectivity index (χ4v) is 3.75. The van der Waals surface area contributed by atoms with Crippen LogP contribution in [-0.2, 0) is 21.9 Å². The van der Waals surface area contributed by atoms with Gasteiger partial charge in [0.15, 0.2) is 0 Å². The number of benzene rings is 2. The third kappa shape index (κ3) is 7.29. The summed E-state index contributed by atoms with van der Waals surface area (Å²) >= 11 is 7.48. The van der Waals surface area contributed by atoms with Gasteiger partial charge in [-0.1, -0.05) is 35.9 Å². The van der Waals surface area contributed by atoms with Gasteiger partial charge in [0, 0.05) is 23.9 Å². The number of ether oxygens (including phenoxy) is 1. The number of methoxy groups -OCH3 is 1. The maximum Gasteiger partial charge on any atom is 0.242 e. The highest BCUT2D eigenvalue weighted by Crippen LogP contribution is 2.19. The SMILES string of the molecule is CCNC(=O)[C@@H](C)N(Cc1ccc(Cl)cc1)C(=O)CSCc1ccc(OC)cc1. The molecule has 0 saturated carbocycles. The molecule has 0 fully saturated rings. The predicted molar refractivity (Wildman–Crippen MR) is 119 cm³/mol. The van der Waals surface area contributed by atoms with Gasteiger partial charge in [0.2, 0.25) is 11.8 Å². The van der Waals surface area contributed by atoms with Crippen LogP contribution >= 0.6 is 23.4 Å². The Morgan fingerprint density at radius 3 is 2.31 bits per heavy atom. The van der Waals surface area contributed by atoms with Crippen LogP contribution in [0.3, 0.4) is 0 Å². The topological polar surface area (TPSA) is 58.6 Å². The van der Waals surface area contributed by atoms with Gasteiger partial charge in [-0.2, -0.15) is 0 Å². The average Bonchev–Trinajstić information content (AvgIpc) is 2.73. The van der Waals surface area contributed by atoms with E-state index >= 15 is 0 Å². The van der Waals surface area contributed by atoms with E-state index in [-0.39, 0.29) is 11.8 Å². The summed E-state index contributed by atoms with van der Waals surface area (Å²) in [6, 6.07) is 14.5. The van der Waals surface area contributed by atoms with Crippen molar-refractivity contribution in [3.63, 3.8) is 0 Å². The van der Waals surface area contributed by atoms with Crippen molar-refractivity contribution in [3.8, 4) is 5.75 Å². The Balaban J connectivity index is 2.02. The zero-order chi connectivity index (χ0) is 21.2. The molecule has 0 saturated heterocycles. The monoisotopic (exact) mass is 434 g/mol. The Morgan fingerprint density at radius 2 is 1.72 bits per heavy atom. The van der Waals surface area contributed by atoms with E-state index in [0.29, 0.717) is 29.6 Å². The summed E-state index contributed by atoms with van der Waals surface area (Å²) in [5.41, 5.74) is 2.05. The number of carbonyl (C=O) groups is 2. The molecule has 0 aliphatic heterocycles. The predicted octanol–water partition coefficient (Wildman–Crippen LogP) is 4.14. The van der Waals surface area contributed by atoms with Crippen LogP contribution in [0.5, 0.6) is 5.75 Å². The van der Waals surface area contributed by atoms with Gasteiger partial charge in [0.25, 0.3) is 0 Å². The molecule has 0 radical (unpaired) electrons. The molecule has 2 aromatic rings. The van der Waals surface area contributed by atoms with Crippen molar-refractivity contribution in [2.75, 3.05) is 19.4 Å². The van der Waals surface area contributed by atoms with Crippen LogP contribution in [0.25, 0.3) is 0 Å². The number of thioether (sulfide) groups is 1. The van der Waals surface area contributed by atoms with Gasteiger partial charge in [0.05, 0.1) is 12.9 Å². The Kier molecular flexibility index (Phi) is 9.35. The standard InChI is InChI=1S/C22H27ClN2O3S/c1-4-24-22(27)16(2)25(13-17-5-9-19(23)10-6-17)21(26)15-29-14-18-7-11-20(28-3)12-8-18/h5-12,16H,4,13-15H2,1-3H3,(H,24,27)/t16-/m1/s1. The van der Waals surface area contributed by atoms with E-state index in [4.69, 9.17) is 16.3 Å². The lowest BCUT2D eigenvalue weighted by Crippen LogP contribution is -2.48. The zero-order valence-electron chi connectivity index (χ0n) is 17.0. The van der Waals surface area contributed by atoms with Gasteiger partial charge in [-0.25, -0.2) is 0 Å². The van der Waals surface area contributed by atoms with Gasteiger partial charge in [-0.3, -0.25) is 9.59 Å². The molecular weight excluding hydrogens is 408 g/mol. The van der Waals surface area contributed by atoms with Crippen molar-refractivity contribution >= 4 is 35.2 Å². The van der Waals surface area contributed by atoms with Crippen molar-refractivity contribution in [2.24, 2.45) is 0 Å². The number of halogens is 1. The third-order valence-electron chi connectivity index (χ3n) is 4.44. The van der Waals surface area contributed by atoms with Gasteiger partial charge in [0.1, 0.15) is 11.8 Å². The first-order chi connectivity index (χ1) is 13.9. The summed E-state index contributed by atoms with van der Waals surface area (Å²) in [7, 11) is 1.63. The lowest BCUT2D eigenvalue weighted by atomic mass is 10.1. The number of amides is 2. The molecule has 0 unspecified atom stereocenters. The quantitative estimate of drug-likeness (QED) is 0.610. The van der Waals surface area contributed by atoms with Gasteiger partial charge >= 0.3 is 0 Å². The molecule has 0 spiro atoms. The van der Waals surface area contributed by atoms with Gasteiger partial charge < -0.3 is 15.0 Å². The van der Waals surface area contributed by atoms with E-state index in [2.05, 4.69) is 5.32 Å². The van der Waals surface area contributed by atoms with Crippen molar-refractivity contribution < 1.29 is 14.3 Å². The minimum atomic E-state index is -0.556. The lowest BCUT2D eigenvalue weighted by Gasteiger charge is -2.28. The molecule has 2 aromatic carbocycles. The molecule has 0 bridgehead atoms. The molecule has 0 aliphatic rings. The van der Waals surface area contributed by atoms with Gasteiger partial charge in [-0.15, -0.1) is 11.8 Å². The molecule has 5 nitrogen and oxygen atoms in total. The molecule has 0 aliphatic carbocycles. The largest absolute Gasteiger partial charge is 0.497 e. The minimum Gasteiger partial charge on any atom is -0.497 e. The number of hydrogen-bond acceptors (Lipinski definition) is 4. The van der Waals surface area contributed by atoms with E-state index in [1.807, 2.05) is 43.3 Å². The summed E-state index contributed by atoms with van der Waals surface area (Å²) < 4.78 is 5.16. The summed E-state index contributed by atoms with van der Waals surface area (Å²) in [6.07, 6.45) is 0. The van der Waals surface area contributed by atoms with Crippen LogP contribution in [-0.4, -0.2) is 42.2 Å². The first-order valence-corrected chi connectivity index (χ1v) is 11.0. The number of hydrogen-bond donors (Lipinski definition) is 1. The van der Waals surface area contributed by atoms with Crippen LogP contribution in [0.1, 0.15) is 25.0 Å². The van der Waals surface area contributed by atoms with Gasteiger partial charge in [-0.05, 0) is 49.2 Å². The Labute approximate surface area is 181 Å². The molecule has 0 aromatic heterocycles. The van der Waals surface area contributed by atoms with Crippen molar-refractivity contribution in [2.45, 2.75) is 32.2 Å². The fourth-order valence-electron chi connectivity index (χ4n) is 2.75. The highest BCUT2D eigenvalue weighted by atomic mass is 35.5. The van der Waals surface area contributed by atoms with Crippen LogP contribution in [0, 0.1) is 0 Å². The fraction of sp³-hybridized carbons (Fsp3) is 0.364. The van der Waals surface area contributed by atoms with Crippen LogP contribution in [0.4, 0.5) is 0 Å². The lowest BCUT2D eigenvalue weighted by molar-refractivity contribution is -0.138. The molecule has 2 amide bonds. The van der Waals surface area contributed by atoms with Crippen molar-refractivity contribution in [1.82, 2.24) is 10.2 Å². The molecule has 0 heterocycles. The maximum atomic E-state index is 12.9. The highest BCUT2D eigenvalue weighted by Gasteiger charge is 2.25. The van der Waals surface area contributed by atoms with Crippen molar-refractivity contribution in [3.05, 3.63) is 64.7 Å². The summed E-state index contributed by atoms with van der Waals surface area (Å²) in [5, 5.41) is 3.43. The molecule has 1 atom stereocenters. The summed E-state index contributed by atoms with van der Waals surface area (Å²) in [5.74, 6) is 1.58. The first-order valence-electron chi connectivity index (χ1n) is 9.47. The Hall–Kier alpha value is -2.18. The molecular formula is C22H27ClN2O3S. The van der Waals surface area contributed by atoms with E-state index in [9.17, 15) is 9.59 Å². The summed E-state index contributed by atoms with van der Waals surface area (Å²) in [6.45, 7) is 4.50. The first kappa shape index (κ1) is 23.1. The minimum absolute atomic E-state index is 0.0720. The van der Waals surface area contributed by atoms with Crippen LogP contribution in [0.2, 0.25) is 5.02 Å². The number of nitrogens with one attached hydrogen (secondary N) is 1. The highest BCUT2D eigenvalue weighted by molar-refractivity contribution is 7.99. The number of carbonyl (C=O) groups excluding carboxylic acids is 2. The molecule has 7 heteroatoms. The second-order valence-electron chi connectivity index (χ2n) is 6.56. The Bertz CT molecular complexity index is 797. The molecule has 2 rings (SSSR count). The summed E-state index contributed by atoms with van der Waals surface area (Å²) in [4.78, 5) is 26.9. The van der Waals surface area contributed by atoms with Crippen molar-refractivity contribution in [1.29, 1.82) is 0 Å². The normalized spacial score (nSPS) is 11.6. The number of likely N-dealkylation sites (N-methyl/N-ethyl adjacent to an activating group) is 1. The van der Waals surface area contributed by atoms with Crippen LogP contribution < -0.4 is 10.1 Å². The van der Waals surface area contributed by atoms with Crippen LogP contribution in [0.15, 0.2) is 48.5 Å². The average molecular weight is 435 g/mol.